The van der Waals surface area contributed by atoms with Crippen LogP contribution in [-0.2, 0) is 13.2 Å². The molecule has 2 aromatic carbocycles. The second-order valence-corrected chi connectivity index (χ2v) is 8.27. The molecule has 0 aliphatic rings. The molecule has 10 heteroatoms. The van der Waals surface area contributed by atoms with Crippen LogP contribution in [0.4, 0.5) is 14.6 Å². The van der Waals surface area contributed by atoms with Gasteiger partial charge in [-0.15, -0.1) is 11.3 Å². The zero-order chi connectivity index (χ0) is 22.7. The van der Waals surface area contributed by atoms with Crippen LogP contribution in [0, 0.1) is 18.6 Å². The van der Waals surface area contributed by atoms with Crippen LogP contribution >= 0.6 is 22.9 Å². The van der Waals surface area contributed by atoms with Gasteiger partial charge in [0.25, 0.3) is 5.91 Å². The van der Waals surface area contributed by atoms with Gasteiger partial charge in [0.05, 0.1) is 12.7 Å². The van der Waals surface area contributed by atoms with Crippen LogP contribution in [0.2, 0.25) is 5.02 Å². The third-order valence-electron chi connectivity index (χ3n) is 4.54. The lowest BCUT2D eigenvalue weighted by atomic mass is 10.2. The largest absolute Gasteiger partial charge is 0.486 e. The maximum atomic E-state index is 14.0. The second kappa shape index (κ2) is 9.46. The van der Waals surface area contributed by atoms with E-state index in [2.05, 4.69) is 15.4 Å². The minimum Gasteiger partial charge on any atom is -0.486 e. The SMILES string of the molecule is Cc1cnn(Cc2cc(F)ccc2F)c1NC(=O)c1csc(COc2ccc(Cl)cc2)n1. The number of hydrogen-bond donors (Lipinski definition) is 1. The fraction of sp³-hybridized carbons (Fsp3) is 0.136. The standard InChI is InChI=1S/C22H17ClF2N4O2S/c1-13-9-26-29(10-14-8-16(24)4-7-18(14)25)21(13)28-22(30)19-12-32-20(27-19)11-31-17-5-2-15(23)3-6-17/h2-9,12H,10-11H2,1H3,(H,28,30). The number of amides is 1. The molecule has 0 spiro atoms. The first-order valence-electron chi connectivity index (χ1n) is 9.49. The Hall–Kier alpha value is -3.30. The second-order valence-electron chi connectivity index (χ2n) is 6.89. The summed E-state index contributed by atoms with van der Waals surface area (Å²) in [6, 6.07) is 10.1. The maximum absolute atomic E-state index is 14.0. The first-order chi connectivity index (χ1) is 15.4. The Morgan fingerprint density at radius 2 is 2.00 bits per heavy atom. The molecule has 6 nitrogen and oxygen atoms in total. The normalized spacial score (nSPS) is 10.9. The summed E-state index contributed by atoms with van der Waals surface area (Å²) in [5.41, 5.74) is 1.02. The van der Waals surface area contributed by atoms with Gasteiger partial charge in [-0.2, -0.15) is 5.10 Å². The van der Waals surface area contributed by atoms with E-state index in [0.29, 0.717) is 27.2 Å². The molecule has 0 unspecified atom stereocenters. The number of anilines is 1. The van der Waals surface area contributed by atoms with E-state index in [1.807, 2.05) is 0 Å². The Morgan fingerprint density at radius 3 is 2.78 bits per heavy atom. The molecule has 2 aromatic heterocycles. The summed E-state index contributed by atoms with van der Waals surface area (Å²) >= 11 is 7.15. The number of nitrogens with one attached hydrogen (secondary N) is 1. The zero-order valence-corrected chi connectivity index (χ0v) is 18.4. The molecule has 1 N–H and O–H groups in total. The van der Waals surface area contributed by atoms with E-state index in [1.54, 1.807) is 42.8 Å². The molecule has 0 radical (unpaired) electrons. The molecule has 0 fully saturated rings. The number of benzene rings is 2. The van der Waals surface area contributed by atoms with E-state index in [4.69, 9.17) is 16.3 Å². The highest BCUT2D eigenvalue weighted by molar-refractivity contribution is 7.09. The molecule has 0 saturated carbocycles. The number of halogens is 3. The molecule has 164 valence electrons. The fourth-order valence-electron chi connectivity index (χ4n) is 2.92. The van der Waals surface area contributed by atoms with Crippen molar-refractivity contribution in [1.82, 2.24) is 14.8 Å². The minimum atomic E-state index is -0.554. The molecule has 0 saturated heterocycles. The average Bonchev–Trinajstić information content (AvgIpc) is 3.38. The van der Waals surface area contributed by atoms with Gasteiger partial charge in [-0.05, 0) is 49.4 Å². The van der Waals surface area contributed by atoms with Gasteiger partial charge in [-0.3, -0.25) is 4.79 Å². The molecular weight excluding hydrogens is 458 g/mol. The van der Waals surface area contributed by atoms with Crippen molar-refractivity contribution in [2.24, 2.45) is 0 Å². The van der Waals surface area contributed by atoms with Crippen LogP contribution in [0.15, 0.2) is 54.0 Å². The van der Waals surface area contributed by atoms with Crippen molar-refractivity contribution in [2.45, 2.75) is 20.1 Å². The molecule has 32 heavy (non-hydrogen) atoms. The van der Waals surface area contributed by atoms with Crippen LogP contribution in [0.25, 0.3) is 0 Å². The predicted molar refractivity (Wildman–Crippen MR) is 118 cm³/mol. The van der Waals surface area contributed by atoms with E-state index >= 15 is 0 Å². The van der Waals surface area contributed by atoms with Gasteiger partial charge < -0.3 is 10.1 Å². The van der Waals surface area contributed by atoms with Crippen molar-refractivity contribution in [3.8, 4) is 5.75 Å². The average molecular weight is 475 g/mol. The Bertz CT molecular complexity index is 1260. The summed E-state index contributed by atoms with van der Waals surface area (Å²) in [4.78, 5) is 17.0. The van der Waals surface area contributed by atoms with Gasteiger partial charge in [-0.1, -0.05) is 11.6 Å². The third kappa shape index (κ3) is 5.12. The van der Waals surface area contributed by atoms with Crippen molar-refractivity contribution in [1.29, 1.82) is 0 Å². The van der Waals surface area contributed by atoms with Crippen LogP contribution in [0.1, 0.15) is 26.6 Å². The quantitative estimate of drug-likeness (QED) is 0.386. The lowest BCUT2D eigenvalue weighted by Gasteiger charge is -2.10. The number of nitrogens with zero attached hydrogens (tertiary/aromatic N) is 3. The van der Waals surface area contributed by atoms with Crippen molar-refractivity contribution in [3.63, 3.8) is 0 Å². The van der Waals surface area contributed by atoms with E-state index in [0.717, 1.165) is 18.2 Å². The van der Waals surface area contributed by atoms with Crippen molar-refractivity contribution >= 4 is 34.7 Å². The highest BCUT2D eigenvalue weighted by atomic mass is 35.5. The van der Waals surface area contributed by atoms with Gasteiger partial charge in [0.15, 0.2) is 0 Å². The Kier molecular flexibility index (Phi) is 6.48. The van der Waals surface area contributed by atoms with Gasteiger partial charge in [0.1, 0.15) is 40.5 Å². The number of hydrogen-bond acceptors (Lipinski definition) is 5. The predicted octanol–water partition coefficient (Wildman–Crippen LogP) is 5.46. The maximum Gasteiger partial charge on any atom is 0.276 e. The Labute approximate surface area is 191 Å². The minimum absolute atomic E-state index is 0.0374. The van der Waals surface area contributed by atoms with Crippen LogP contribution in [0.5, 0.6) is 5.75 Å². The Morgan fingerprint density at radius 1 is 1.22 bits per heavy atom. The zero-order valence-electron chi connectivity index (χ0n) is 16.8. The summed E-state index contributed by atoms with van der Waals surface area (Å²) < 4.78 is 34.6. The summed E-state index contributed by atoms with van der Waals surface area (Å²) in [6.07, 6.45) is 1.54. The van der Waals surface area contributed by atoms with Crippen LogP contribution < -0.4 is 10.1 Å². The van der Waals surface area contributed by atoms with Crippen LogP contribution in [0.3, 0.4) is 0 Å². The lowest BCUT2D eigenvalue weighted by molar-refractivity contribution is 0.102. The number of thiazole rings is 1. The molecule has 4 aromatic rings. The van der Waals surface area contributed by atoms with E-state index in [9.17, 15) is 13.6 Å². The molecule has 0 atom stereocenters. The van der Waals surface area contributed by atoms with Crippen molar-refractivity contribution < 1.29 is 18.3 Å². The third-order valence-corrected chi connectivity index (χ3v) is 5.62. The van der Waals surface area contributed by atoms with Crippen molar-refractivity contribution in [2.75, 3.05) is 5.32 Å². The molecule has 0 aliphatic heterocycles. The number of aryl methyl sites for hydroxylation is 1. The van der Waals surface area contributed by atoms with Gasteiger partial charge in [0.2, 0.25) is 0 Å². The first-order valence-corrected chi connectivity index (χ1v) is 10.8. The van der Waals surface area contributed by atoms with Crippen molar-refractivity contribution in [3.05, 3.63) is 92.5 Å². The number of carbonyl (C=O) groups is 1. The first kappa shape index (κ1) is 21.9. The van der Waals surface area contributed by atoms with E-state index in [-0.39, 0.29) is 24.4 Å². The molecule has 4 rings (SSSR count). The van der Waals surface area contributed by atoms with Gasteiger partial charge >= 0.3 is 0 Å². The fourth-order valence-corrected chi connectivity index (χ4v) is 3.73. The highest BCUT2D eigenvalue weighted by Gasteiger charge is 2.17. The molecule has 0 aliphatic carbocycles. The van der Waals surface area contributed by atoms with Crippen LogP contribution in [-0.4, -0.2) is 20.7 Å². The Balaban J connectivity index is 1.44. The van der Waals surface area contributed by atoms with Gasteiger partial charge in [-0.25, -0.2) is 18.4 Å². The topological polar surface area (TPSA) is 69.0 Å². The molecule has 1 amide bonds. The van der Waals surface area contributed by atoms with E-state index < -0.39 is 17.5 Å². The summed E-state index contributed by atoms with van der Waals surface area (Å²) in [6.45, 7) is 1.92. The number of carbonyl (C=O) groups excluding carboxylic acids is 1. The number of rotatable bonds is 7. The molecule has 0 bridgehead atoms. The monoisotopic (exact) mass is 474 g/mol. The summed E-state index contributed by atoms with van der Waals surface area (Å²) in [7, 11) is 0. The smallest absolute Gasteiger partial charge is 0.276 e. The molecular formula is C22H17ClF2N4O2S. The summed E-state index contributed by atoms with van der Waals surface area (Å²) in [5, 5.41) is 9.78. The molecule has 2 heterocycles. The van der Waals surface area contributed by atoms with Gasteiger partial charge in [0, 0.05) is 21.5 Å². The van der Waals surface area contributed by atoms with E-state index in [1.165, 1.54) is 16.0 Å². The summed E-state index contributed by atoms with van der Waals surface area (Å²) in [5.74, 6) is -0.526. The lowest BCUT2D eigenvalue weighted by Crippen LogP contribution is -2.17. The number of aromatic nitrogens is 3. The highest BCUT2D eigenvalue weighted by Crippen LogP contribution is 2.21. The number of ether oxygens (including phenoxy) is 1.